The molecule has 0 spiro atoms. The number of likely N-dealkylation sites (tertiary alicyclic amines) is 4. The molecule has 4 aromatic carbocycles. The van der Waals surface area contributed by atoms with Gasteiger partial charge in [0.25, 0.3) is 0 Å². The van der Waals surface area contributed by atoms with Crippen molar-refractivity contribution < 1.29 is 51.0 Å². The number of esters is 2. The number of nitrogens with zero attached hydrogens (tertiary/aromatic N) is 4. The third kappa shape index (κ3) is 36.6. The van der Waals surface area contributed by atoms with Gasteiger partial charge in [0.2, 0.25) is 0 Å². The summed E-state index contributed by atoms with van der Waals surface area (Å²) in [5, 5.41) is 3.56. The van der Waals surface area contributed by atoms with Gasteiger partial charge in [0.15, 0.2) is 0 Å². The van der Waals surface area contributed by atoms with E-state index in [1.165, 1.54) is 45.6 Å². The van der Waals surface area contributed by atoms with E-state index in [9.17, 15) is 36.7 Å². The average Bonchev–Trinajstić information content (AvgIpc) is 0.810. The maximum absolute atomic E-state index is 13.5. The quantitative estimate of drug-likeness (QED) is 0.0208. The van der Waals surface area contributed by atoms with Crippen LogP contribution in [0.5, 0.6) is 0 Å². The molecule has 121 heavy (non-hydrogen) atoms. The molecule has 0 aromatic heterocycles. The van der Waals surface area contributed by atoms with Crippen LogP contribution in [-0.4, -0.2) is 143 Å². The monoisotopic (exact) mass is 1700 g/mol. The smallest absolute Gasteiger partial charge is 0.416 e. The van der Waals surface area contributed by atoms with Gasteiger partial charge in [-0.15, -0.1) is 0 Å². The number of ether oxygens (including phenoxy) is 3. The van der Waals surface area contributed by atoms with E-state index in [-0.39, 0.29) is 68.8 Å². The molecule has 678 valence electrons. The first kappa shape index (κ1) is 105. The highest BCUT2D eigenvalue weighted by molar-refractivity contribution is 6.30. The number of unbranched alkanes of at least 4 members (excludes halogenated alkanes) is 2. The number of piperidine rings is 4. The predicted octanol–water partition coefficient (Wildman–Crippen LogP) is 26.4. The lowest BCUT2D eigenvalue weighted by molar-refractivity contribution is -0.168. The number of carbonyl (C=O) groups excluding carboxylic acids is 4. The van der Waals surface area contributed by atoms with Crippen LogP contribution in [0.2, 0.25) is 5.02 Å². The molecule has 0 bridgehead atoms. The summed E-state index contributed by atoms with van der Waals surface area (Å²) in [4.78, 5) is 59.0. The van der Waals surface area contributed by atoms with Crippen molar-refractivity contribution in [3.8, 4) is 0 Å². The van der Waals surface area contributed by atoms with Gasteiger partial charge >= 0.3 is 24.2 Å². The Kier molecular flexibility index (Phi) is 42.0. The van der Waals surface area contributed by atoms with Crippen molar-refractivity contribution in [1.82, 2.24) is 24.9 Å². The van der Waals surface area contributed by atoms with E-state index >= 15 is 0 Å². The fraction of sp³-hybridized carbons (Fsp3) is 0.654. The maximum atomic E-state index is 13.5. The van der Waals surface area contributed by atoms with E-state index in [2.05, 4.69) is 244 Å². The zero-order valence-electron chi connectivity index (χ0n) is 79.5. The molecule has 1 N–H and O–H groups in total. The number of nitrogens with one attached hydrogen (secondary N) is 1. The number of benzene rings is 4. The molecular weight excluding hydrogens is 1540 g/mol. The minimum atomic E-state index is -4.33. The first-order chi connectivity index (χ1) is 56.4. The predicted molar refractivity (Wildman–Crippen MR) is 496 cm³/mol. The van der Waals surface area contributed by atoms with Gasteiger partial charge in [-0.1, -0.05) is 235 Å². The lowest BCUT2D eigenvalue weighted by Gasteiger charge is -2.45. The van der Waals surface area contributed by atoms with E-state index in [4.69, 9.17) is 25.8 Å². The molecule has 0 radical (unpaired) electrons. The zero-order chi connectivity index (χ0) is 90.5. The van der Waals surface area contributed by atoms with Crippen LogP contribution in [0.1, 0.15) is 329 Å². The molecule has 8 rings (SSSR count). The van der Waals surface area contributed by atoms with Gasteiger partial charge in [0.1, 0.15) is 28.4 Å². The number of carbonyl (C=O) groups is 4. The summed E-state index contributed by atoms with van der Waals surface area (Å²) in [6.45, 7) is 60.4. The number of Topliss-reactive ketones (excluding diaryl/α,β-unsaturated/α-hetero) is 1. The molecule has 4 heterocycles. The van der Waals surface area contributed by atoms with Gasteiger partial charge in [-0.05, 0) is 271 Å². The number of hydrogen-bond donors (Lipinski definition) is 1. The number of rotatable bonds is 34. The third-order valence-corrected chi connectivity index (χ3v) is 25.0. The van der Waals surface area contributed by atoms with Crippen molar-refractivity contribution in [2.75, 3.05) is 52.4 Å². The summed E-state index contributed by atoms with van der Waals surface area (Å²) in [7, 11) is 0. The molecule has 4 aliphatic rings. The van der Waals surface area contributed by atoms with Crippen LogP contribution in [0.3, 0.4) is 0 Å². The molecule has 4 aromatic rings. The van der Waals surface area contributed by atoms with Gasteiger partial charge < -0.3 is 19.5 Å². The van der Waals surface area contributed by atoms with E-state index < -0.39 is 17.3 Å². The summed E-state index contributed by atoms with van der Waals surface area (Å²) in [5.74, 6) is 0.763. The fourth-order valence-electron chi connectivity index (χ4n) is 17.7. The highest BCUT2D eigenvalue weighted by atomic mass is 35.5. The van der Waals surface area contributed by atoms with Crippen LogP contribution in [0.15, 0.2) is 150 Å². The van der Waals surface area contributed by atoms with Gasteiger partial charge in [0.05, 0.1) is 12.1 Å². The van der Waals surface area contributed by atoms with Crippen LogP contribution in [-0.2, 0) is 56.4 Å². The Hall–Kier alpha value is -6.43. The largest absolute Gasteiger partial charge is 0.459 e. The lowest BCUT2D eigenvalue weighted by atomic mass is 9.77. The Balaban J connectivity index is 0.000000290. The molecule has 12 nitrogen and oxygen atoms in total. The molecular formula is C104H160ClF4N5O7. The fourth-order valence-corrected chi connectivity index (χ4v) is 17.8. The Bertz CT molecular complexity index is 3760. The molecule has 0 saturated carbocycles. The van der Waals surface area contributed by atoms with Crippen molar-refractivity contribution in [3.05, 3.63) is 188 Å². The number of alkyl carbamates (subject to hydrolysis) is 1. The molecule has 4 aliphatic heterocycles. The lowest BCUT2D eigenvalue weighted by Crippen LogP contribution is -2.51. The molecule has 4 fully saturated rings. The molecule has 17 heteroatoms. The van der Waals surface area contributed by atoms with Gasteiger partial charge in [-0.25, -0.2) is 9.18 Å². The van der Waals surface area contributed by atoms with Gasteiger partial charge in [0, 0.05) is 93.8 Å². The Labute approximate surface area is 736 Å². The van der Waals surface area contributed by atoms with Crippen LogP contribution >= 0.6 is 11.6 Å². The molecule has 4 atom stereocenters. The minimum absolute atomic E-state index is 0.0238. The second-order valence-corrected chi connectivity index (χ2v) is 41.1. The number of ketones is 1. The molecule has 1 amide bonds. The van der Waals surface area contributed by atoms with Crippen molar-refractivity contribution in [1.29, 1.82) is 0 Å². The van der Waals surface area contributed by atoms with Crippen LogP contribution in [0.25, 0.3) is 0 Å². The topological polar surface area (TPSA) is 121 Å². The van der Waals surface area contributed by atoms with E-state index in [0.29, 0.717) is 55.1 Å². The highest BCUT2D eigenvalue weighted by Crippen LogP contribution is 2.42. The van der Waals surface area contributed by atoms with Gasteiger partial charge in [-0.2, -0.15) is 13.2 Å². The summed E-state index contributed by atoms with van der Waals surface area (Å²) < 4.78 is 70.4. The van der Waals surface area contributed by atoms with E-state index in [0.717, 1.165) is 178 Å². The zero-order valence-corrected chi connectivity index (χ0v) is 80.3. The molecule has 4 saturated heterocycles. The maximum Gasteiger partial charge on any atom is 0.416 e. The van der Waals surface area contributed by atoms with Crippen molar-refractivity contribution in [2.24, 2.45) is 11.8 Å². The van der Waals surface area contributed by atoms with Crippen LogP contribution in [0, 0.1) is 17.7 Å². The number of allylic oxidation sites excluding steroid dienone is 4. The Morgan fingerprint density at radius 2 is 0.785 bits per heavy atom. The van der Waals surface area contributed by atoms with Crippen LogP contribution < -0.4 is 5.32 Å². The van der Waals surface area contributed by atoms with Gasteiger partial charge in [-0.3, -0.25) is 34.0 Å². The summed E-state index contributed by atoms with van der Waals surface area (Å²) in [5.41, 5.74) is 7.90. The second-order valence-electron chi connectivity index (χ2n) is 40.6. The summed E-state index contributed by atoms with van der Waals surface area (Å²) >= 11 is 6.13. The van der Waals surface area contributed by atoms with Crippen molar-refractivity contribution in [3.63, 3.8) is 0 Å². The first-order valence-corrected chi connectivity index (χ1v) is 46.1. The van der Waals surface area contributed by atoms with Crippen LogP contribution in [0.4, 0.5) is 22.4 Å². The Morgan fingerprint density at radius 3 is 1.11 bits per heavy atom. The normalized spacial score (nSPS) is 17.8. The molecule has 4 unspecified atom stereocenters. The Morgan fingerprint density at radius 1 is 0.463 bits per heavy atom. The average molecular weight is 1700 g/mol. The number of alkyl halides is 3. The first-order valence-electron chi connectivity index (χ1n) is 45.7. The summed E-state index contributed by atoms with van der Waals surface area (Å²) in [6.07, 6.45) is 22.6. The van der Waals surface area contributed by atoms with E-state index in [1.54, 1.807) is 24.3 Å². The number of amides is 1. The summed E-state index contributed by atoms with van der Waals surface area (Å²) in [6, 6.07) is 32.6. The number of hydrogen-bond acceptors (Lipinski definition) is 11. The van der Waals surface area contributed by atoms with Crippen molar-refractivity contribution >= 4 is 35.4 Å². The second kappa shape index (κ2) is 48.3. The standard InChI is InChI=1S/C29H46ClNO2.C29H46FNO2.C26H39F3N2O2.C20H29NO/c2*1-8-9-14-29(33-27(32)20-23(4)5)15-17-31(18-16-29)26(19-22(2)3)21-28(6,7)24-10-12-25(30)13-11-24;1-18(2)16-22(17-24(5,6)20-8-10-21(11-9-20)26(27,28)29)31-14-12-25(7,13-15-31)33-23(32)30-19(3)4;1-16(2)13-18(21-12-8-11-19(22)15-21)14-20(3,4)17-9-6-5-7-10-17/h2*10-13,19,23,26H,8-9,14-18,20-21H2,1-7H3;8-11,16,19,22H,12-15,17H2,1-7H3,(H,30,32);5-7,9-10,13,18H,8,11-12,14-15H2,1-4H3. The van der Waals surface area contributed by atoms with Crippen molar-refractivity contribution in [2.45, 2.75) is 376 Å². The number of halogens is 5. The highest BCUT2D eigenvalue weighted by Gasteiger charge is 2.44. The van der Waals surface area contributed by atoms with E-state index in [1.807, 2.05) is 45.0 Å². The minimum Gasteiger partial charge on any atom is -0.459 e. The third-order valence-electron chi connectivity index (χ3n) is 24.7. The SMILES string of the molecule is CC(C)=CC(CC(C)(C)c1ccc(C(F)(F)F)cc1)N1CCC(C)(OC(=O)NC(C)C)CC1.CC(C)=CC(CC(C)(C)c1ccccc1)N1CCCC(=O)C1.CCCCC1(OC(=O)CC(C)C)CCN(C(C=C(C)C)CC(C)(C)c2ccc(Cl)cc2)CC1.CCCCC1(OC(=O)CC(C)C)CCN(C(C=C(C)C)CC(C)(C)c2ccc(F)cc2)CC1. The molecule has 0 aliphatic carbocycles.